The molecule has 2 fully saturated rings. The summed E-state index contributed by atoms with van der Waals surface area (Å²) in [5, 5.41) is 0. The summed E-state index contributed by atoms with van der Waals surface area (Å²) in [6.45, 7) is 3.19. The number of nitrogens with zero attached hydrogens (tertiary/aromatic N) is 4. The minimum absolute atomic E-state index is 0.223. The predicted octanol–water partition coefficient (Wildman–Crippen LogP) is 1.98. The van der Waals surface area contributed by atoms with Crippen LogP contribution in [0.5, 0.6) is 0 Å². The number of carbonyl (C=O) groups excluding carboxylic acids is 2. The Morgan fingerprint density at radius 2 is 2.04 bits per heavy atom. The fraction of sp³-hybridized carbons (Fsp3) is 0.667. The minimum Gasteiger partial charge on any atom is -0.343 e. The van der Waals surface area contributed by atoms with Gasteiger partial charge in [-0.2, -0.15) is 0 Å². The number of aromatic nitrogens is 2. The van der Waals surface area contributed by atoms with E-state index in [2.05, 4.69) is 9.97 Å². The molecule has 0 unspecified atom stereocenters. The molecule has 0 atom stereocenters. The van der Waals surface area contributed by atoms with Crippen LogP contribution in [0.3, 0.4) is 0 Å². The van der Waals surface area contributed by atoms with Crippen molar-refractivity contribution in [3.63, 3.8) is 0 Å². The van der Waals surface area contributed by atoms with E-state index < -0.39 is 0 Å². The van der Waals surface area contributed by atoms with Crippen LogP contribution in [0, 0.1) is 0 Å². The summed E-state index contributed by atoms with van der Waals surface area (Å²) in [5.74, 6) is 0.906. The van der Waals surface area contributed by atoms with Crippen LogP contribution in [0.1, 0.15) is 56.6 Å². The van der Waals surface area contributed by atoms with Crippen molar-refractivity contribution in [2.24, 2.45) is 0 Å². The second kappa shape index (κ2) is 8.22. The Morgan fingerprint density at radius 3 is 2.75 bits per heavy atom. The molecule has 2 aliphatic rings. The summed E-state index contributed by atoms with van der Waals surface area (Å²) in [4.78, 5) is 36.3. The Hall–Kier alpha value is -1.98. The number of hydrogen-bond donors (Lipinski definition) is 0. The first kappa shape index (κ1) is 16.9. The highest BCUT2D eigenvalue weighted by atomic mass is 16.2. The first-order valence-electron chi connectivity index (χ1n) is 9.05. The molecule has 6 heteroatoms. The number of carbonyl (C=O) groups is 2. The van der Waals surface area contributed by atoms with Gasteiger partial charge in [-0.05, 0) is 38.2 Å². The lowest BCUT2D eigenvalue weighted by Gasteiger charge is -2.32. The Kier molecular flexibility index (Phi) is 5.77. The molecule has 2 aliphatic heterocycles. The predicted molar refractivity (Wildman–Crippen MR) is 90.3 cm³/mol. The topological polar surface area (TPSA) is 66.4 Å². The highest BCUT2D eigenvalue weighted by Gasteiger charge is 2.24. The molecule has 2 saturated heterocycles. The average Bonchev–Trinajstić information content (AvgIpc) is 2.64. The lowest BCUT2D eigenvalue weighted by atomic mass is 9.93. The van der Waals surface area contributed by atoms with E-state index in [1.165, 1.54) is 0 Å². The van der Waals surface area contributed by atoms with E-state index in [0.717, 1.165) is 64.0 Å². The molecule has 0 aliphatic carbocycles. The lowest BCUT2D eigenvalue weighted by Crippen LogP contribution is -2.39. The quantitative estimate of drug-likeness (QED) is 0.828. The van der Waals surface area contributed by atoms with Crippen molar-refractivity contribution in [2.75, 3.05) is 26.2 Å². The Bertz CT molecular complexity index is 555. The fourth-order valence-electron chi connectivity index (χ4n) is 3.64. The van der Waals surface area contributed by atoms with Gasteiger partial charge < -0.3 is 9.80 Å². The van der Waals surface area contributed by atoms with Gasteiger partial charge in [-0.25, -0.2) is 9.97 Å². The standard InChI is InChI=1S/C18H26N4O2/c23-17-4-1-2-10-21(17)11-3-5-18(24)22-12-7-15(8-13-22)16-6-9-19-14-20-16/h6,9,14-15H,1-5,7-8,10-13H2. The maximum atomic E-state index is 12.4. The normalized spacial score (nSPS) is 19.6. The third kappa shape index (κ3) is 4.30. The summed E-state index contributed by atoms with van der Waals surface area (Å²) >= 11 is 0. The van der Waals surface area contributed by atoms with Crippen LogP contribution in [0.4, 0.5) is 0 Å². The molecule has 0 bridgehead atoms. The van der Waals surface area contributed by atoms with Gasteiger partial charge in [0.1, 0.15) is 6.33 Å². The summed E-state index contributed by atoms with van der Waals surface area (Å²) in [6.07, 6.45) is 9.39. The molecule has 0 radical (unpaired) electrons. The molecule has 1 aromatic heterocycles. The first-order valence-corrected chi connectivity index (χ1v) is 9.05. The molecule has 1 aromatic rings. The maximum Gasteiger partial charge on any atom is 0.222 e. The Labute approximate surface area is 143 Å². The van der Waals surface area contributed by atoms with Crippen molar-refractivity contribution >= 4 is 11.8 Å². The summed E-state index contributed by atoms with van der Waals surface area (Å²) in [6, 6.07) is 1.97. The number of amides is 2. The molecule has 6 nitrogen and oxygen atoms in total. The average molecular weight is 330 g/mol. The van der Waals surface area contributed by atoms with Crippen LogP contribution < -0.4 is 0 Å². The van der Waals surface area contributed by atoms with E-state index in [0.29, 0.717) is 18.8 Å². The van der Waals surface area contributed by atoms with Crippen LogP contribution in [0.2, 0.25) is 0 Å². The van der Waals surface area contributed by atoms with E-state index in [1.54, 1.807) is 12.5 Å². The molecule has 3 rings (SSSR count). The van der Waals surface area contributed by atoms with Gasteiger partial charge in [-0.1, -0.05) is 0 Å². The second-order valence-corrected chi connectivity index (χ2v) is 6.73. The maximum absolute atomic E-state index is 12.4. The number of hydrogen-bond acceptors (Lipinski definition) is 4. The van der Waals surface area contributed by atoms with Gasteiger partial charge in [0.05, 0.1) is 0 Å². The zero-order valence-electron chi connectivity index (χ0n) is 14.2. The van der Waals surface area contributed by atoms with Crippen molar-refractivity contribution in [1.29, 1.82) is 0 Å². The van der Waals surface area contributed by atoms with Crippen molar-refractivity contribution in [3.8, 4) is 0 Å². The van der Waals surface area contributed by atoms with Gasteiger partial charge >= 0.3 is 0 Å². The SMILES string of the molecule is O=C1CCCCN1CCCC(=O)N1CCC(c2ccncn2)CC1. The van der Waals surface area contributed by atoms with Gasteiger partial charge in [0.25, 0.3) is 0 Å². The minimum atomic E-state index is 0.223. The van der Waals surface area contributed by atoms with Gasteiger partial charge in [0.15, 0.2) is 0 Å². The van der Waals surface area contributed by atoms with E-state index in [9.17, 15) is 9.59 Å². The third-order valence-corrected chi connectivity index (χ3v) is 5.11. The lowest BCUT2D eigenvalue weighted by molar-refractivity contribution is -0.135. The van der Waals surface area contributed by atoms with Crippen molar-refractivity contribution in [3.05, 3.63) is 24.3 Å². The van der Waals surface area contributed by atoms with Crippen LogP contribution in [-0.4, -0.2) is 57.8 Å². The van der Waals surface area contributed by atoms with Gasteiger partial charge in [-0.15, -0.1) is 0 Å². The Morgan fingerprint density at radius 1 is 1.21 bits per heavy atom. The molecule has 0 spiro atoms. The molecule has 2 amide bonds. The largest absolute Gasteiger partial charge is 0.343 e. The smallest absolute Gasteiger partial charge is 0.222 e. The molecule has 24 heavy (non-hydrogen) atoms. The van der Waals surface area contributed by atoms with Crippen molar-refractivity contribution in [2.45, 2.75) is 50.9 Å². The Balaban J connectivity index is 1.38. The molecular weight excluding hydrogens is 304 g/mol. The van der Waals surface area contributed by atoms with Crippen molar-refractivity contribution < 1.29 is 9.59 Å². The monoisotopic (exact) mass is 330 g/mol. The molecule has 130 valence electrons. The number of likely N-dealkylation sites (tertiary alicyclic amines) is 2. The van der Waals surface area contributed by atoms with Gasteiger partial charge in [0.2, 0.25) is 11.8 Å². The first-order chi connectivity index (χ1) is 11.7. The van der Waals surface area contributed by atoms with E-state index in [1.807, 2.05) is 15.9 Å². The second-order valence-electron chi connectivity index (χ2n) is 6.73. The summed E-state index contributed by atoms with van der Waals surface area (Å²) in [5.41, 5.74) is 1.08. The highest BCUT2D eigenvalue weighted by molar-refractivity contribution is 5.77. The van der Waals surface area contributed by atoms with Crippen molar-refractivity contribution in [1.82, 2.24) is 19.8 Å². The molecular formula is C18H26N4O2. The van der Waals surface area contributed by atoms with Crippen LogP contribution in [0.25, 0.3) is 0 Å². The zero-order chi connectivity index (χ0) is 16.8. The van der Waals surface area contributed by atoms with Gasteiger partial charge in [0, 0.05) is 56.8 Å². The molecule has 3 heterocycles. The zero-order valence-corrected chi connectivity index (χ0v) is 14.2. The van der Waals surface area contributed by atoms with Crippen LogP contribution in [-0.2, 0) is 9.59 Å². The van der Waals surface area contributed by atoms with E-state index >= 15 is 0 Å². The number of piperidine rings is 2. The molecule has 0 saturated carbocycles. The van der Waals surface area contributed by atoms with Crippen LogP contribution >= 0.6 is 0 Å². The number of rotatable bonds is 5. The van der Waals surface area contributed by atoms with Gasteiger partial charge in [-0.3, -0.25) is 9.59 Å². The van der Waals surface area contributed by atoms with Crippen LogP contribution in [0.15, 0.2) is 18.6 Å². The van der Waals surface area contributed by atoms with E-state index in [4.69, 9.17) is 0 Å². The molecule has 0 N–H and O–H groups in total. The van der Waals surface area contributed by atoms with E-state index in [-0.39, 0.29) is 11.8 Å². The third-order valence-electron chi connectivity index (χ3n) is 5.11. The summed E-state index contributed by atoms with van der Waals surface area (Å²) < 4.78 is 0. The molecule has 0 aromatic carbocycles. The fourth-order valence-corrected chi connectivity index (χ4v) is 3.64. The summed E-state index contributed by atoms with van der Waals surface area (Å²) in [7, 11) is 0. The highest BCUT2D eigenvalue weighted by Crippen LogP contribution is 2.26.